The number of ether oxygens (including phenoxy) is 1. The molecular weight excluding hydrogens is 166 g/mol. The van der Waals surface area contributed by atoms with Crippen LogP contribution >= 0.6 is 24.2 Å². The van der Waals surface area contributed by atoms with E-state index in [2.05, 4.69) is 17.0 Å². The first-order valence-electron chi connectivity index (χ1n) is 2.92. The van der Waals surface area contributed by atoms with Gasteiger partial charge in [-0.25, -0.2) is 0 Å². The van der Waals surface area contributed by atoms with E-state index in [-0.39, 0.29) is 5.25 Å². The fraction of sp³-hybridized carbons (Fsp3) is 0.500. The van der Waals surface area contributed by atoms with Gasteiger partial charge in [-0.05, 0) is 18.5 Å². The van der Waals surface area contributed by atoms with Crippen LogP contribution in [-0.4, -0.2) is 11.5 Å². The zero-order chi connectivity index (χ0) is 7.56. The van der Waals surface area contributed by atoms with E-state index in [0.717, 1.165) is 4.88 Å². The molecule has 1 aromatic heterocycles. The minimum Gasteiger partial charge on any atom is -0.480 e. The molecule has 0 aromatic carbocycles. The molecular formula is C6H9NOS2. The molecule has 56 valence electrons. The summed E-state index contributed by atoms with van der Waals surface area (Å²) in [6.45, 7) is 2.01. The summed E-state index contributed by atoms with van der Waals surface area (Å²) < 4.78 is 8.94. The van der Waals surface area contributed by atoms with Gasteiger partial charge in [0.25, 0.3) is 0 Å². The van der Waals surface area contributed by atoms with Crippen molar-refractivity contribution in [3.05, 3.63) is 10.9 Å². The predicted octanol–water partition coefficient (Wildman–Crippen LogP) is 2.14. The average molecular weight is 175 g/mol. The van der Waals surface area contributed by atoms with Crippen molar-refractivity contribution < 1.29 is 4.74 Å². The van der Waals surface area contributed by atoms with Crippen LogP contribution in [0.1, 0.15) is 17.1 Å². The fourth-order valence-corrected chi connectivity index (χ4v) is 1.41. The summed E-state index contributed by atoms with van der Waals surface area (Å²) in [4.78, 5) is 1.14. The van der Waals surface area contributed by atoms with Crippen LogP contribution in [0, 0.1) is 0 Å². The van der Waals surface area contributed by atoms with Gasteiger partial charge in [-0.1, -0.05) is 0 Å². The lowest BCUT2D eigenvalue weighted by Crippen LogP contribution is -1.79. The summed E-state index contributed by atoms with van der Waals surface area (Å²) in [5.41, 5.74) is 0. The van der Waals surface area contributed by atoms with Crippen LogP contribution in [0.25, 0.3) is 0 Å². The van der Waals surface area contributed by atoms with Gasteiger partial charge in [0.2, 0.25) is 5.88 Å². The lowest BCUT2D eigenvalue weighted by molar-refractivity contribution is 0.402. The van der Waals surface area contributed by atoms with Crippen LogP contribution < -0.4 is 4.74 Å². The van der Waals surface area contributed by atoms with Gasteiger partial charge in [-0.2, -0.15) is 17.0 Å². The van der Waals surface area contributed by atoms with Gasteiger partial charge in [0.15, 0.2) is 0 Å². The van der Waals surface area contributed by atoms with Gasteiger partial charge in [-0.15, -0.1) is 0 Å². The lowest BCUT2D eigenvalue weighted by Gasteiger charge is -1.94. The maximum Gasteiger partial charge on any atom is 0.225 e. The lowest BCUT2D eigenvalue weighted by atomic mass is 10.4. The second-order valence-corrected chi connectivity index (χ2v) is 3.56. The fourth-order valence-electron chi connectivity index (χ4n) is 0.565. The molecule has 10 heavy (non-hydrogen) atoms. The maximum absolute atomic E-state index is 4.91. The number of hydrogen-bond donors (Lipinski definition) is 1. The van der Waals surface area contributed by atoms with Gasteiger partial charge < -0.3 is 4.74 Å². The highest BCUT2D eigenvalue weighted by atomic mass is 32.1. The first-order chi connectivity index (χ1) is 4.74. The molecule has 1 atom stereocenters. The number of thiol groups is 1. The first-order valence-corrected chi connectivity index (χ1v) is 4.21. The van der Waals surface area contributed by atoms with E-state index >= 15 is 0 Å². The van der Waals surface area contributed by atoms with E-state index in [0.29, 0.717) is 5.88 Å². The van der Waals surface area contributed by atoms with Crippen molar-refractivity contribution in [2.75, 3.05) is 7.11 Å². The summed E-state index contributed by atoms with van der Waals surface area (Å²) in [7, 11) is 1.61. The van der Waals surface area contributed by atoms with Crippen molar-refractivity contribution in [1.29, 1.82) is 0 Å². The van der Waals surface area contributed by atoms with Crippen LogP contribution in [0.2, 0.25) is 0 Å². The van der Waals surface area contributed by atoms with E-state index in [4.69, 9.17) is 4.74 Å². The van der Waals surface area contributed by atoms with Crippen molar-refractivity contribution >= 4 is 24.2 Å². The Morgan fingerprint density at radius 1 is 1.80 bits per heavy atom. The summed E-state index contributed by atoms with van der Waals surface area (Å²) in [5, 5.41) is 0.251. The number of nitrogens with zero attached hydrogens (tertiary/aromatic N) is 1. The second kappa shape index (κ2) is 3.25. The molecule has 0 bridgehead atoms. The number of rotatable bonds is 2. The Morgan fingerprint density at radius 3 is 2.80 bits per heavy atom. The second-order valence-electron chi connectivity index (χ2n) is 1.95. The summed E-state index contributed by atoms with van der Waals surface area (Å²) in [6, 6.07) is 1.91. The van der Waals surface area contributed by atoms with Crippen LogP contribution in [0.5, 0.6) is 5.88 Å². The van der Waals surface area contributed by atoms with E-state index in [1.807, 2.05) is 13.0 Å². The predicted molar refractivity (Wildman–Crippen MR) is 46.1 cm³/mol. The van der Waals surface area contributed by atoms with Crippen molar-refractivity contribution in [1.82, 2.24) is 4.37 Å². The number of aromatic nitrogens is 1. The molecule has 0 aliphatic heterocycles. The number of methoxy groups -OCH3 is 1. The summed E-state index contributed by atoms with van der Waals surface area (Å²) in [5.74, 6) is 0.681. The topological polar surface area (TPSA) is 22.1 Å². The molecule has 1 unspecified atom stereocenters. The van der Waals surface area contributed by atoms with Crippen molar-refractivity contribution in [2.24, 2.45) is 0 Å². The summed E-state index contributed by atoms with van der Waals surface area (Å²) >= 11 is 5.69. The molecule has 2 nitrogen and oxygen atoms in total. The molecule has 0 spiro atoms. The Balaban J connectivity index is 2.78. The Kier molecular flexibility index (Phi) is 2.56. The van der Waals surface area contributed by atoms with E-state index in [1.54, 1.807) is 7.11 Å². The standard InChI is InChI=1S/C6H9NOS2/c1-4(9)5-3-6(8-2)7-10-5/h3-4,9H,1-2H3. The van der Waals surface area contributed by atoms with E-state index in [9.17, 15) is 0 Å². The SMILES string of the molecule is COc1cc(C(C)S)sn1. The molecule has 1 rings (SSSR count). The van der Waals surface area contributed by atoms with Gasteiger partial charge in [0.1, 0.15) is 0 Å². The largest absolute Gasteiger partial charge is 0.480 e. The van der Waals surface area contributed by atoms with E-state index in [1.165, 1.54) is 11.5 Å². The molecule has 0 saturated carbocycles. The molecule has 1 aromatic rings. The molecule has 0 N–H and O–H groups in total. The average Bonchev–Trinajstić information content (AvgIpc) is 2.34. The zero-order valence-corrected chi connectivity index (χ0v) is 7.58. The van der Waals surface area contributed by atoms with E-state index < -0.39 is 0 Å². The Bertz CT molecular complexity index is 209. The molecule has 0 amide bonds. The van der Waals surface area contributed by atoms with Crippen LogP contribution in [0.3, 0.4) is 0 Å². The zero-order valence-electron chi connectivity index (χ0n) is 5.87. The molecule has 0 saturated heterocycles. The third-order valence-corrected chi connectivity index (χ3v) is 2.53. The van der Waals surface area contributed by atoms with Gasteiger partial charge >= 0.3 is 0 Å². The van der Waals surface area contributed by atoms with Gasteiger partial charge in [0, 0.05) is 16.2 Å². The Labute approximate surface area is 69.8 Å². The Hall–Kier alpha value is -0.220. The van der Waals surface area contributed by atoms with Crippen LogP contribution in [-0.2, 0) is 0 Å². The highest BCUT2D eigenvalue weighted by Crippen LogP contribution is 2.26. The molecule has 0 aliphatic carbocycles. The van der Waals surface area contributed by atoms with Crippen LogP contribution in [0.15, 0.2) is 6.07 Å². The minimum atomic E-state index is 0.251. The number of hydrogen-bond acceptors (Lipinski definition) is 4. The van der Waals surface area contributed by atoms with Gasteiger partial charge in [0.05, 0.1) is 7.11 Å². The van der Waals surface area contributed by atoms with Gasteiger partial charge in [-0.3, -0.25) is 0 Å². The molecule has 4 heteroatoms. The summed E-state index contributed by atoms with van der Waals surface area (Å²) in [6.07, 6.45) is 0. The third kappa shape index (κ3) is 1.64. The van der Waals surface area contributed by atoms with Crippen molar-refractivity contribution in [3.63, 3.8) is 0 Å². The minimum absolute atomic E-state index is 0.251. The maximum atomic E-state index is 4.91. The molecule has 0 aliphatic rings. The highest BCUT2D eigenvalue weighted by molar-refractivity contribution is 7.80. The van der Waals surface area contributed by atoms with Crippen LogP contribution in [0.4, 0.5) is 0 Å². The third-order valence-electron chi connectivity index (χ3n) is 1.13. The molecule has 1 heterocycles. The normalized spacial score (nSPS) is 13.1. The van der Waals surface area contributed by atoms with Crippen molar-refractivity contribution in [3.8, 4) is 5.88 Å². The monoisotopic (exact) mass is 175 g/mol. The first kappa shape index (κ1) is 7.88. The quantitative estimate of drug-likeness (QED) is 0.696. The smallest absolute Gasteiger partial charge is 0.225 e. The molecule has 0 radical (unpaired) electrons. The Morgan fingerprint density at radius 2 is 2.50 bits per heavy atom. The van der Waals surface area contributed by atoms with Crippen molar-refractivity contribution in [2.45, 2.75) is 12.2 Å². The highest BCUT2D eigenvalue weighted by Gasteiger charge is 2.04. The molecule has 0 fully saturated rings.